The largest absolute Gasteiger partial charge is 0.369 e. The Labute approximate surface area is 112 Å². The molecule has 3 nitrogen and oxygen atoms in total. The molecule has 0 aromatic heterocycles. The van der Waals surface area contributed by atoms with Crippen LogP contribution in [0.4, 0.5) is 0 Å². The molecule has 0 bridgehead atoms. The lowest BCUT2D eigenvalue weighted by Gasteiger charge is -2.31. The van der Waals surface area contributed by atoms with E-state index in [2.05, 4.69) is 19.2 Å². The average molecular weight is 255 g/mol. The van der Waals surface area contributed by atoms with E-state index in [4.69, 9.17) is 4.74 Å². The number of rotatable bonds is 7. The van der Waals surface area contributed by atoms with Gasteiger partial charge in [-0.1, -0.05) is 26.7 Å². The van der Waals surface area contributed by atoms with Gasteiger partial charge >= 0.3 is 0 Å². The number of hydrogen-bond acceptors (Lipinski definition) is 2. The lowest BCUT2D eigenvalue weighted by molar-refractivity contribution is -0.127. The molecule has 0 unspecified atom stereocenters. The van der Waals surface area contributed by atoms with Crippen molar-refractivity contribution in [3.8, 4) is 0 Å². The lowest BCUT2D eigenvalue weighted by atomic mass is 9.78. The zero-order valence-electron chi connectivity index (χ0n) is 12.4. The van der Waals surface area contributed by atoms with Crippen molar-refractivity contribution in [2.45, 2.75) is 65.9 Å². The van der Waals surface area contributed by atoms with Gasteiger partial charge in [0.05, 0.1) is 6.10 Å². The van der Waals surface area contributed by atoms with Crippen molar-refractivity contribution in [1.29, 1.82) is 0 Å². The van der Waals surface area contributed by atoms with Gasteiger partial charge in [0.25, 0.3) is 0 Å². The standard InChI is InChI=1S/C15H29NO2/c1-12(2)9-15(7-5-6-8-15)11-16-14(17)10-18-13(3)4/h12-13H,5-11H2,1-4H3,(H,16,17). The van der Waals surface area contributed by atoms with Gasteiger partial charge in [0.2, 0.25) is 5.91 Å². The maximum atomic E-state index is 11.7. The van der Waals surface area contributed by atoms with E-state index in [1.807, 2.05) is 13.8 Å². The molecular formula is C15H29NO2. The van der Waals surface area contributed by atoms with Crippen LogP contribution in [0.15, 0.2) is 0 Å². The Balaban J connectivity index is 2.36. The van der Waals surface area contributed by atoms with Crippen LogP contribution in [-0.2, 0) is 9.53 Å². The van der Waals surface area contributed by atoms with Crippen LogP contribution in [0.5, 0.6) is 0 Å². The molecule has 106 valence electrons. The van der Waals surface area contributed by atoms with Crippen LogP contribution in [0.1, 0.15) is 59.8 Å². The molecule has 0 aromatic carbocycles. The van der Waals surface area contributed by atoms with E-state index in [-0.39, 0.29) is 18.6 Å². The van der Waals surface area contributed by atoms with Gasteiger partial charge in [-0.25, -0.2) is 0 Å². The van der Waals surface area contributed by atoms with Crippen molar-refractivity contribution in [2.75, 3.05) is 13.2 Å². The molecule has 1 aliphatic carbocycles. The third kappa shape index (κ3) is 5.38. The molecule has 1 N–H and O–H groups in total. The highest BCUT2D eigenvalue weighted by Crippen LogP contribution is 2.42. The van der Waals surface area contributed by atoms with Crippen molar-refractivity contribution in [1.82, 2.24) is 5.32 Å². The first-order chi connectivity index (χ1) is 8.43. The SMILES string of the molecule is CC(C)CC1(CNC(=O)COC(C)C)CCCC1. The van der Waals surface area contributed by atoms with E-state index >= 15 is 0 Å². The fourth-order valence-corrected chi connectivity index (χ4v) is 3.02. The maximum absolute atomic E-state index is 11.7. The van der Waals surface area contributed by atoms with Crippen LogP contribution in [0.2, 0.25) is 0 Å². The van der Waals surface area contributed by atoms with Crippen molar-refractivity contribution in [2.24, 2.45) is 11.3 Å². The van der Waals surface area contributed by atoms with E-state index in [1.54, 1.807) is 0 Å². The topological polar surface area (TPSA) is 38.3 Å². The van der Waals surface area contributed by atoms with Crippen LogP contribution in [0, 0.1) is 11.3 Å². The Bertz CT molecular complexity index is 255. The number of hydrogen-bond donors (Lipinski definition) is 1. The molecule has 1 saturated carbocycles. The van der Waals surface area contributed by atoms with Crippen LogP contribution < -0.4 is 5.32 Å². The van der Waals surface area contributed by atoms with E-state index in [1.165, 1.54) is 32.1 Å². The minimum atomic E-state index is 0.0266. The van der Waals surface area contributed by atoms with Crippen molar-refractivity contribution in [3.05, 3.63) is 0 Å². The van der Waals surface area contributed by atoms with Gasteiger partial charge in [-0.15, -0.1) is 0 Å². The summed E-state index contributed by atoms with van der Waals surface area (Å²) in [6, 6.07) is 0. The van der Waals surface area contributed by atoms with Gasteiger partial charge in [-0.3, -0.25) is 4.79 Å². The highest BCUT2D eigenvalue weighted by Gasteiger charge is 2.34. The Morgan fingerprint density at radius 1 is 1.22 bits per heavy atom. The Hall–Kier alpha value is -0.570. The van der Waals surface area contributed by atoms with Crippen LogP contribution in [0.3, 0.4) is 0 Å². The van der Waals surface area contributed by atoms with E-state index in [9.17, 15) is 4.79 Å². The van der Waals surface area contributed by atoms with Crippen molar-refractivity contribution in [3.63, 3.8) is 0 Å². The summed E-state index contributed by atoms with van der Waals surface area (Å²) in [7, 11) is 0. The van der Waals surface area contributed by atoms with Gasteiger partial charge in [0.1, 0.15) is 6.61 Å². The fourth-order valence-electron chi connectivity index (χ4n) is 3.02. The molecule has 0 saturated heterocycles. The van der Waals surface area contributed by atoms with E-state index in [0.717, 1.165) is 6.54 Å². The molecule has 1 rings (SSSR count). The van der Waals surface area contributed by atoms with Crippen molar-refractivity contribution < 1.29 is 9.53 Å². The van der Waals surface area contributed by atoms with Crippen LogP contribution in [0.25, 0.3) is 0 Å². The predicted molar refractivity (Wildman–Crippen MR) is 74.5 cm³/mol. The molecule has 1 fully saturated rings. The van der Waals surface area contributed by atoms with Gasteiger partial charge < -0.3 is 10.1 Å². The first kappa shape index (κ1) is 15.5. The lowest BCUT2D eigenvalue weighted by Crippen LogP contribution is -2.38. The first-order valence-corrected chi connectivity index (χ1v) is 7.32. The normalized spacial score (nSPS) is 18.6. The summed E-state index contributed by atoms with van der Waals surface area (Å²) in [6.07, 6.45) is 6.48. The molecule has 0 heterocycles. The summed E-state index contributed by atoms with van der Waals surface area (Å²) >= 11 is 0. The highest BCUT2D eigenvalue weighted by molar-refractivity contribution is 5.77. The quantitative estimate of drug-likeness (QED) is 0.759. The summed E-state index contributed by atoms with van der Waals surface area (Å²) in [5, 5.41) is 3.06. The molecule has 18 heavy (non-hydrogen) atoms. The summed E-state index contributed by atoms with van der Waals surface area (Å²) in [6.45, 7) is 9.45. The second kappa shape index (κ2) is 7.13. The van der Waals surface area contributed by atoms with Gasteiger partial charge in [0.15, 0.2) is 0 Å². The van der Waals surface area contributed by atoms with Crippen LogP contribution in [-0.4, -0.2) is 25.2 Å². The predicted octanol–water partition coefficient (Wildman–Crippen LogP) is 3.13. The summed E-state index contributed by atoms with van der Waals surface area (Å²) in [5.74, 6) is 0.727. The fraction of sp³-hybridized carbons (Fsp3) is 0.933. The summed E-state index contributed by atoms with van der Waals surface area (Å²) in [4.78, 5) is 11.7. The molecule has 3 heteroatoms. The number of carbonyl (C=O) groups excluding carboxylic acids is 1. The van der Waals surface area contributed by atoms with Gasteiger partial charge in [-0.05, 0) is 44.4 Å². The van der Waals surface area contributed by atoms with E-state index in [0.29, 0.717) is 11.3 Å². The maximum Gasteiger partial charge on any atom is 0.246 e. The molecule has 0 aromatic rings. The number of carbonyl (C=O) groups is 1. The Kier molecular flexibility index (Phi) is 6.13. The summed E-state index contributed by atoms with van der Waals surface area (Å²) < 4.78 is 5.32. The number of amides is 1. The number of nitrogens with one attached hydrogen (secondary N) is 1. The molecule has 0 atom stereocenters. The zero-order valence-corrected chi connectivity index (χ0v) is 12.4. The molecule has 1 amide bonds. The highest BCUT2D eigenvalue weighted by atomic mass is 16.5. The molecular weight excluding hydrogens is 226 g/mol. The van der Waals surface area contributed by atoms with E-state index < -0.39 is 0 Å². The first-order valence-electron chi connectivity index (χ1n) is 7.32. The van der Waals surface area contributed by atoms with Crippen LogP contribution >= 0.6 is 0 Å². The monoisotopic (exact) mass is 255 g/mol. The molecule has 0 radical (unpaired) electrons. The second-order valence-corrected chi connectivity index (χ2v) is 6.44. The Morgan fingerprint density at radius 3 is 2.33 bits per heavy atom. The molecule has 0 aliphatic heterocycles. The zero-order chi connectivity index (χ0) is 13.6. The molecule has 1 aliphatic rings. The molecule has 0 spiro atoms. The third-order valence-electron chi connectivity index (χ3n) is 3.71. The van der Waals surface area contributed by atoms with Gasteiger partial charge in [-0.2, -0.15) is 0 Å². The second-order valence-electron chi connectivity index (χ2n) is 6.44. The minimum Gasteiger partial charge on any atom is -0.369 e. The average Bonchev–Trinajstić information content (AvgIpc) is 2.71. The smallest absolute Gasteiger partial charge is 0.246 e. The number of ether oxygens (including phenoxy) is 1. The summed E-state index contributed by atoms with van der Waals surface area (Å²) in [5.41, 5.74) is 0.349. The minimum absolute atomic E-state index is 0.0266. The van der Waals surface area contributed by atoms with Crippen molar-refractivity contribution >= 4 is 5.91 Å². The van der Waals surface area contributed by atoms with Gasteiger partial charge in [0, 0.05) is 6.54 Å². The third-order valence-corrected chi connectivity index (χ3v) is 3.71. The Morgan fingerprint density at radius 2 is 1.83 bits per heavy atom.